The molecule has 0 aromatic heterocycles. The number of nitrogens with one attached hydrogen (secondary N) is 1. The molecule has 0 heterocycles. The maximum absolute atomic E-state index is 14.0. The molecule has 0 radical (unpaired) electrons. The summed E-state index contributed by atoms with van der Waals surface area (Å²) in [4.78, 5) is 12.0. The zero-order valence-corrected chi connectivity index (χ0v) is 35.5. The van der Waals surface area contributed by atoms with Gasteiger partial charge in [0.25, 0.3) is 0 Å². The first kappa shape index (κ1) is 40.7. The lowest BCUT2D eigenvalue weighted by molar-refractivity contribution is -0.221. The molecule has 0 aromatic carbocycles. The maximum Gasteiger partial charge on any atom is 0.312 e. The second-order valence-electron chi connectivity index (χ2n) is 21.5. The lowest BCUT2D eigenvalue weighted by atomic mass is 9.33. The first-order valence-corrected chi connectivity index (χ1v) is 23.6. The predicted octanol–water partition coefficient (Wildman–Crippen LogP) is 9.78. The van der Waals surface area contributed by atoms with E-state index >= 15 is 0 Å². The summed E-state index contributed by atoms with van der Waals surface area (Å²) in [5, 5.41) is 25.2. The second kappa shape index (κ2) is 13.5. The van der Waals surface area contributed by atoms with Gasteiger partial charge >= 0.3 is 5.97 Å². The Labute approximate surface area is 326 Å². The number of allylic oxidation sites excluding steroid dienone is 5. The van der Waals surface area contributed by atoms with Crippen LogP contribution >= 0.6 is 0 Å². The van der Waals surface area contributed by atoms with Crippen molar-refractivity contribution in [3.8, 4) is 0 Å². The third-order valence-corrected chi connectivity index (χ3v) is 20.5. The average Bonchev–Trinajstić information content (AvgIpc) is 3.48. The van der Waals surface area contributed by atoms with Gasteiger partial charge in [0.1, 0.15) is 16.5 Å². The van der Waals surface area contributed by atoms with E-state index < -0.39 is 33.5 Å². The van der Waals surface area contributed by atoms with Crippen molar-refractivity contribution in [1.82, 2.24) is 5.32 Å². The average molecular weight is 770 g/mol. The summed E-state index contributed by atoms with van der Waals surface area (Å²) < 4.78 is 38.4. The van der Waals surface area contributed by atoms with Crippen LogP contribution in [0.3, 0.4) is 0 Å². The summed E-state index contributed by atoms with van der Waals surface area (Å²) in [6.07, 6.45) is 20.8. The topological polar surface area (TPSA) is 104 Å². The molecule has 54 heavy (non-hydrogen) atoms. The van der Waals surface area contributed by atoms with Gasteiger partial charge in [-0.25, -0.2) is 12.8 Å². The molecule has 1 unspecified atom stereocenters. The van der Waals surface area contributed by atoms with Crippen LogP contribution in [0.25, 0.3) is 0 Å². The van der Waals surface area contributed by atoms with Crippen molar-refractivity contribution in [3.63, 3.8) is 0 Å². The molecule has 0 saturated heterocycles. The van der Waals surface area contributed by atoms with Gasteiger partial charge < -0.3 is 15.5 Å². The molecule has 304 valence electrons. The molecule has 3 N–H and O–H groups in total. The molecule has 7 rings (SSSR count). The first-order chi connectivity index (χ1) is 25.1. The fourth-order valence-corrected chi connectivity index (χ4v) is 16.6. The fourth-order valence-electron chi connectivity index (χ4n) is 15.5. The van der Waals surface area contributed by atoms with Crippen LogP contribution in [0.1, 0.15) is 151 Å². The van der Waals surface area contributed by atoms with Crippen LogP contribution in [-0.2, 0) is 14.6 Å². The molecule has 8 heteroatoms. The van der Waals surface area contributed by atoms with E-state index in [1.165, 1.54) is 61.5 Å². The molecule has 5 fully saturated rings. The first-order valence-electron chi connectivity index (χ1n) is 21.6. The van der Waals surface area contributed by atoms with Gasteiger partial charge in [-0.15, -0.1) is 0 Å². The Bertz CT molecular complexity index is 1690. The van der Waals surface area contributed by atoms with Crippen LogP contribution in [0.2, 0.25) is 0 Å². The SMILES string of the molecule is C=C(C)C1CC[C@]2(NCCC3(O)CCC(S(C)(=O)=O)CC3)CC[C@]3(C)[C@H](CC[C@@H]4[C@@]5(C)CC=C(C6=CC[C@@](CF)(C(=O)O)CC6)C(C)(C)[C@@H]5CC[C@]43C)[C@@H]12. The predicted molar refractivity (Wildman–Crippen MR) is 215 cm³/mol. The van der Waals surface area contributed by atoms with E-state index in [2.05, 4.69) is 65.6 Å². The summed E-state index contributed by atoms with van der Waals surface area (Å²) in [6.45, 7) is 19.7. The van der Waals surface area contributed by atoms with Gasteiger partial charge in [-0.2, -0.15) is 0 Å². The van der Waals surface area contributed by atoms with Gasteiger partial charge in [-0.3, -0.25) is 4.79 Å². The smallest absolute Gasteiger partial charge is 0.312 e. The number of rotatable bonds is 9. The normalized spacial score (nSPS) is 47.3. The Hall–Kier alpha value is -1.51. The van der Waals surface area contributed by atoms with E-state index in [0.717, 1.165) is 25.8 Å². The summed E-state index contributed by atoms with van der Waals surface area (Å²) in [6, 6.07) is 0. The summed E-state index contributed by atoms with van der Waals surface area (Å²) >= 11 is 0. The minimum absolute atomic E-state index is 0.0346. The Morgan fingerprint density at radius 3 is 2.19 bits per heavy atom. The quantitative estimate of drug-likeness (QED) is 0.202. The fraction of sp³-hybridized carbons (Fsp3) is 0.848. The number of alkyl halides is 1. The molecular formula is C46H72FNO5S. The van der Waals surface area contributed by atoms with Crippen LogP contribution < -0.4 is 5.32 Å². The molecule has 5 saturated carbocycles. The van der Waals surface area contributed by atoms with Crippen LogP contribution in [0.4, 0.5) is 4.39 Å². The molecule has 0 bridgehead atoms. The third-order valence-electron chi connectivity index (χ3n) is 18.8. The molecule has 7 aliphatic rings. The zero-order chi connectivity index (χ0) is 39.3. The number of aliphatic carboxylic acids is 1. The van der Waals surface area contributed by atoms with Crippen molar-refractivity contribution < 1.29 is 27.8 Å². The van der Waals surface area contributed by atoms with E-state index in [1.807, 2.05) is 0 Å². The molecule has 0 aromatic rings. The third kappa shape index (κ3) is 6.09. The number of fused-ring (bicyclic) bond motifs is 7. The van der Waals surface area contributed by atoms with Gasteiger partial charge in [0.05, 0.1) is 16.3 Å². The van der Waals surface area contributed by atoms with Crippen molar-refractivity contribution in [3.05, 3.63) is 35.5 Å². The van der Waals surface area contributed by atoms with E-state index in [1.54, 1.807) is 0 Å². The molecular weight excluding hydrogens is 698 g/mol. The van der Waals surface area contributed by atoms with Crippen molar-refractivity contribution in [2.45, 2.75) is 167 Å². The molecule has 0 aliphatic heterocycles. The van der Waals surface area contributed by atoms with Crippen molar-refractivity contribution in [2.75, 3.05) is 19.5 Å². The molecule has 6 nitrogen and oxygen atoms in total. The molecule has 0 spiro atoms. The van der Waals surface area contributed by atoms with Crippen LogP contribution in [0.5, 0.6) is 0 Å². The van der Waals surface area contributed by atoms with Gasteiger partial charge in [0.15, 0.2) is 0 Å². The highest BCUT2D eigenvalue weighted by molar-refractivity contribution is 7.91. The number of halogens is 1. The molecule has 7 aliphatic carbocycles. The van der Waals surface area contributed by atoms with Crippen LogP contribution in [-0.4, -0.2) is 60.5 Å². The highest BCUT2D eigenvalue weighted by Gasteiger charge is 2.70. The monoisotopic (exact) mass is 770 g/mol. The number of hydrogen-bond donors (Lipinski definition) is 3. The number of carboxylic acids is 1. The number of aliphatic hydroxyl groups is 1. The van der Waals surface area contributed by atoms with E-state index in [4.69, 9.17) is 0 Å². The minimum Gasteiger partial charge on any atom is -0.481 e. The summed E-state index contributed by atoms with van der Waals surface area (Å²) in [7, 11) is -3.07. The summed E-state index contributed by atoms with van der Waals surface area (Å²) in [5.41, 5.74) is 2.54. The van der Waals surface area contributed by atoms with Crippen molar-refractivity contribution in [1.29, 1.82) is 0 Å². The number of carbonyl (C=O) groups is 1. The lowest BCUT2D eigenvalue weighted by Crippen LogP contribution is -2.68. The summed E-state index contributed by atoms with van der Waals surface area (Å²) in [5.74, 6) is 1.79. The second-order valence-corrected chi connectivity index (χ2v) is 23.8. The lowest BCUT2D eigenvalue weighted by Gasteiger charge is -2.72. The Morgan fingerprint density at radius 1 is 0.889 bits per heavy atom. The van der Waals surface area contributed by atoms with E-state index in [9.17, 15) is 27.8 Å². The van der Waals surface area contributed by atoms with Crippen molar-refractivity contribution >= 4 is 15.8 Å². The standard InChI is InChI=1S/C46H72FNO5S/c1-30(2)33-15-24-46(48-28-27-45(51)22-13-32(14-23-45)54(8,52)53)26-25-42(6)35(38(33)46)9-10-37-41(5)18-16-34(40(3,4)36(41)17-19-43(37,42)7)31-11-20-44(29-47,21-12-31)39(49)50/h11,16,32-33,35-38,48,51H,1,9-10,12-15,17-29H2,2-8H3,(H,49,50)/t32?,33?,35-,36+,37-,38-,41+,42-,43-,44-,45?,46+/m1/s1. The number of sulfone groups is 1. The van der Waals surface area contributed by atoms with Gasteiger partial charge in [-0.05, 0) is 185 Å². The Balaban J connectivity index is 1.12. The zero-order valence-electron chi connectivity index (χ0n) is 34.7. The molecule has 0 amide bonds. The maximum atomic E-state index is 14.0. The van der Waals surface area contributed by atoms with Crippen molar-refractivity contribution in [2.24, 2.45) is 56.7 Å². The van der Waals surface area contributed by atoms with Gasteiger partial charge in [0.2, 0.25) is 0 Å². The Morgan fingerprint density at radius 2 is 1.59 bits per heavy atom. The van der Waals surface area contributed by atoms with Gasteiger partial charge in [-0.1, -0.05) is 58.9 Å². The number of hydrogen-bond acceptors (Lipinski definition) is 5. The van der Waals surface area contributed by atoms with E-state index in [0.29, 0.717) is 74.5 Å². The van der Waals surface area contributed by atoms with Crippen LogP contribution in [0.15, 0.2) is 35.5 Å². The largest absolute Gasteiger partial charge is 0.481 e. The van der Waals surface area contributed by atoms with Gasteiger partial charge in [0, 0.05) is 11.8 Å². The molecule has 10 atom stereocenters. The minimum atomic E-state index is -3.07. The highest BCUT2D eigenvalue weighted by atomic mass is 32.2. The van der Waals surface area contributed by atoms with E-state index in [-0.39, 0.29) is 38.9 Å². The van der Waals surface area contributed by atoms with Crippen LogP contribution in [0, 0.1) is 56.7 Å². The highest BCUT2D eigenvalue weighted by Crippen LogP contribution is 2.76. The Kier molecular flexibility index (Phi) is 10.2. The number of carboxylic acid groups (broad SMARTS) is 1.